The molecule has 8 heteroatoms. The van der Waals surface area contributed by atoms with Crippen molar-refractivity contribution in [3.05, 3.63) is 23.8 Å². The van der Waals surface area contributed by atoms with Gasteiger partial charge in [-0.25, -0.2) is 0 Å². The quantitative estimate of drug-likeness (QED) is 0.787. The van der Waals surface area contributed by atoms with Gasteiger partial charge in [0.25, 0.3) is 0 Å². The van der Waals surface area contributed by atoms with Gasteiger partial charge in [0.15, 0.2) is 11.5 Å². The monoisotopic (exact) mass is 360 g/mol. The zero-order valence-corrected chi connectivity index (χ0v) is 17.0. The SMILES string of the molecule is CC.[B]C1([B])CC(CCNC)(c2ccc(OC)c(OC)c2)C2[B]C2([B])C1=O. The molecule has 1 aliphatic carbocycles. The Kier molecular flexibility index (Phi) is 6.51. The summed E-state index contributed by atoms with van der Waals surface area (Å²) in [7, 11) is 25.7. The summed E-state index contributed by atoms with van der Waals surface area (Å²) in [5.41, 5.74) is 0.566. The first-order valence-corrected chi connectivity index (χ1v) is 9.40. The summed E-state index contributed by atoms with van der Waals surface area (Å²) in [5, 5.41) is 0.662. The fraction of sp³-hybridized carbons (Fsp3) is 0.632. The first-order valence-electron chi connectivity index (χ1n) is 9.40. The number of nitrogens with one attached hydrogen (secondary N) is 1. The van der Waals surface area contributed by atoms with Gasteiger partial charge in [-0.2, -0.15) is 0 Å². The van der Waals surface area contributed by atoms with Crippen LogP contribution < -0.4 is 14.8 Å². The van der Waals surface area contributed by atoms with Crippen LogP contribution in [0.1, 0.15) is 32.3 Å². The number of carbonyl (C=O) groups excluding carboxylic acids is 1. The average molecular weight is 360 g/mol. The Labute approximate surface area is 168 Å². The van der Waals surface area contributed by atoms with Gasteiger partial charge in [0.1, 0.15) is 13.1 Å². The van der Waals surface area contributed by atoms with Crippen molar-refractivity contribution in [1.82, 2.24) is 5.32 Å². The molecule has 4 nitrogen and oxygen atoms in total. The lowest BCUT2D eigenvalue weighted by molar-refractivity contribution is -0.122. The van der Waals surface area contributed by atoms with Crippen LogP contribution in [0.15, 0.2) is 18.2 Å². The molecule has 137 valence electrons. The number of ether oxygens (including phenoxy) is 2. The molecule has 1 aromatic carbocycles. The van der Waals surface area contributed by atoms with E-state index in [2.05, 4.69) is 5.32 Å². The van der Waals surface area contributed by atoms with Crippen LogP contribution in [0.3, 0.4) is 0 Å². The fourth-order valence-corrected chi connectivity index (χ4v) is 4.34. The third-order valence-electron chi connectivity index (χ3n) is 5.65. The van der Waals surface area contributed by atoms with E-state index in [4.69, 9.17) is 33.0 Å². The van der Waals surface area contributed by atoms with Crippen molar-refractivity contribution in [1.29, 1.82) is 0 Å². The summed E-state index contributed by atoms with van der Waals surface area (Å²) >= 11 is 0. The van der Waals surface area contributed by atoms with Crippen LogP contribution in [-0.4, -0.2) is 64.4 Å². The van der Waals surface area contributed by atoms with E-state index in [1.807, 2.05) is 46.4 Å². The number of ketones is 1. The molecule has 27 heavy (non-hydrogen) atoms. The summed E-state index contributed by atoms with van der Waals surface area (Å²) in [6.45, 7) is 4.75. The Hall–Kier alpha value is -1.29. The Morgan fingerprint density at radius 1 is 1.19 bits per heavy atom. The first kappa shape index (κ1) is 22.0. The molecule has 0 aromatic heterocycles. The predicted octanol–water partition coefficient (Wildman–Crippen LogP) is 1.79. The smallest absolute Gasteiger partial charge is 0.161 e. The summed E-state index contributed by atoms with van der Waals surface area (Å²) in [6, 6.07) is 5.78. The van der Waals surface area contributed by atoms with E-state index in [-0.39, 0.29) is 11.6 Å². The maximum Gasteiger partial charge on any atom is 0.161 e. The van der Waals surface area contributed by atoms with Gasteiger partial charge in [0.05, 0.1) is 37.8 Å². The molecule has 1 saturated heterocycles. The van der Waals surface area contributed by atoms with Gasteiger partial charge in [-0.1, -0.05) is 25.7 Å². The summed E-state index contributed by atoms with van der Waals surface area (Å²) in [6.07, 6.45) is 1.08. The lowest BCUT2D eigenvalue weighted by Gasteiger charge is -2.49. The van der Waals surface area contributed by atoms with E-state index < -0.39 is 15.8 Å². The molecule has 1 aliphatic heterocycles. The van der Waals surface area contributed by atoms with E-state index >= 15 is 0 Å². The fourth-order valence-electron chi connectivity index (χ4n) is 4.34. The van der Waals surface area contributed by atoms with Crippen molar-refractivity contribution >= 4 is 36.6 Å². The zero-order chi connectivity index (χ0) is 20.5. The summed E-state index contributed by atoms with van der Waals surface area (Å²) in [4.78, 5) is 12.6. The van der Waals surface area contributed by atoms with Crippen molar-refractivity contribution in [3.63, 3.8) is 0 Å². The highest BCUT2D eigenvalue weighted by Gasteiger charge is 2.70. The molecule has 0 amide bonds. The third-order valence-corrected chi connectivity index (χ3v) is 5.65. The molecule has 7 radical (unpaired) electrons. The number of fused-ring (bicyclic) bond motifs is 1. The Morgan fingerprint density at radius 3 is 2.37 bits per heavy atom. The van der Waals surface area contributed by atoms with Crippen molar-refractivity contribution in [3.8, 4) is 11.5 Å². The number of benzene rings is 1. The van der Waals surface area contributed by atoms with Crippen LogP contribution in [0.5, 0.6) is 11.5 Å². The molecule has 3 rings (SSSR count). The van der Waals surface area contributed by atoms with Crippen LogP contribution in [0.2, 0.25) is 16.2 Å². The second-order valence-corrected chi connectivity index (χ2v) is 7.20. The van der Waals surface area contributed by atoms with Crippen molar-refractivity contribution in [2.45, 2.75) is 48.3 Å². The molecule has 1 heterocycles. The Bertz CT molecular complexity index is 693. The molecule has 1 aromatic rings. The van der Waals surface area contributed by atoms with Gasteiger partial charge >= 0.3 is 0 Å². The normalized spacial score (nSPS) is 30.3. The second-order valence-electron chi connectivity index (χ2n) is 7.20. The first-order chi connectivity index (χ1) is 12.7. The van der Waals surface area contributed by atoms with E-state index in [0.29, 0.717) is 17.9 Å². The minimum absolute atomic E-state index is 0.0980. The molecule has 0 spiro atoms. The van der Waals surface area contributed by atoms with Gasteiger partial charge in [-0.05, 0) is 60.0 Å². The topological polar surface area (TPSA) is 47.6 Å². The van der Waals surface area contributed by atoms with E-state index in [0.717, 1.165) is 18.5 Å². The van der Waals surface area contributed by atoms with Crippen LogP contribution in [-0.2, 0) is 10.2 Å². The third kappa shape index (κ3) is 3.57. The molecule has 2 aliphatic rings. The van der Waals surface area contributed by atoms with Crippen LogP contribution in [0, 0.1) is 0 Å². The maximum absolute atomic E-state index is 12.6. The lowest BCUT2D eigenvalue weighted by Crippen LogP contribution is -2.45. The standard InChI is InChI=1S/C17H20B4NO3.C2H6/c1-22-7-6-15(10-4-5-11(24-2)12(8-10)25-3)9-16(18,19)14(23)17(20)13(15)21-17;1-2/h4-5,8,13,22H,6-7,9H2,1-3H3;1-2H3. The number of hydrogen-bond donors (Lipinski definition) is 1. The van der Waals surface area contributed by atoms with Crippen molar-refractivity contribution < 1.29 is 14.3 Å². The minimum atomic E-state index is -1.46. The predicted molar refractivity (Wildman–Crippen MR) is 113 cm³/mol. The van der Waals surface area contributed by atoms with E-state index in [9.17, 15) is 4.79 Å². The van der Waals surface area contributed by atoms with Gasteiger partial charge in [-0.3, -0.25) is 0 Å². The Balaban J connectivity index is 0.00000126. The van der Waals surface area contributed by atoms with Crippen molar-refractivity contribution in [2.75, 3.05) is 27.8 Å². The van der Waals surface area contributed by atoms with Crippen LogP contribution >= 0.6 is 0 Å². The largest absolute Gasteiger partial charge is 0.493 e. The highest BCUT2D eigenvalue weighted by Crippen LogP contribution is 2.73. The minimum Gasteiger partial charge on any atom is -0.493 e. The van der Waals surface area contributed by atoms with Gasteiger partial charge in [0.2, 0.25) is 0 Å². The number of hydrogen-bond acceptors (Lipinski definition) is 4. The summed E-state index contributed by atoms with van der Waals surface area (Å²) in [5.74, 6) is 0.890. The van der Waals surface area contributed by atoms with E-state index in [1.165, 1.54) is 0 Å². The number of Topliss-reactive ketones (excluding diaryl/α,β-unsaturated/α-hetero) is 1. The number of methoxy groups -OCH3 is 2. The molecule has 2 fully saturated rings. The zero-order valence-electron chi connectivity index (χ0n) is 17.0. The molecule has 1 N–H and O–H groups in total. The van der Waals surface area contributed by atoms with Gasteiger partial charge in [0, 0.05) is 0 Å². The molecule has 1 saturated carbocycles. The molecule has 0 bridgehead atoms. The van der Waals surface area contributed by atoms with Crippen molar-refractivity contribution in [2.24, 2.45) is 0 Å². The maximum atomic E-state index is 12.6. The number of rotatable bonds is 6. The molecule has 3 unspecified atom stereocenters. The van der Waals surface area contributed by atoms with Gasteiger partial charge < -0.3 is 19.6 Å². The highest BCUT2D eigenvalue weighted by atomic mass is 16.5. The lowest BCUT2D eigenvalue weighted by atomic mass is 9.38. The second kappa shape index (κ2) is 7.98. The molecular formula is C19H26B4NO3. The summed E-state index contributed by atoms with van der Waals surface area (Å²) < 4.78 is 10.8. The number of carbonyl (C=O) groups is 1. The van der Waals surface area contributed by atoms with Gasteiger partial charge in [-0.15, -0.1) is 0 Å². The molecule has 3 atom stereocenters. The van der Waals surface area contributed by atoms with Crippen LogP contribution in [0.4, 0.5) is 0 Å². The Morgan fingerprint density at radius 2 is 1.81 bits per heavy atom. The average Bonchev–Trinajstić information content (AvgIpc) is 3.38. The van der Waals surface area contributed by atoms with E-state index in [1.54, 1.807) is 14.2 Å². The van der Waals surface area contributed by atoms with Crippen LogP contribution in [0.25, 0.3) is 0 Å². The highest BCUT2D eigenvalue weighted by molar-refractivity contribution is 6.81. The molecular weight excluding hydrogens is 333 g/mol.